The Morgan fingerprint density at radius 1 is 0.897 bits per heavy atom. The molecule has 1 amide bonds. The molecule has 0 radical (unpaired) electrons. The molecule has 1 saturated heterocycles. The van der Waals surface area contributed by atoms with Crippen LogP contribution < -0.4 is 4.90 Å². The Kier molecular flexibility index (Phi) is 5.24. The fraction of sp³-hybridized carbons (Fsp3) is 0.423. The monoisotopic (exact) mass is 387 g/mol. The number of fused-ring (bicyclic) bond motifs is 2. The molecule has 5 rings (SSSR count). The predicted octanol–water partition coefficient (Wildman–Crippen LogP) is 2.76. The molecule has 1 heterocycles. The smallest absolute Gasteiger partial charge is 0.234 e. The number of hydrogen-bond donors (Lipinski definition) is 1. The molecular formula is C26H31N2O+. The van der Waals surface area contributed by atoms with Crippen molar-refractivity contribution in [2.45, 2.75) is 18.8 Å². The molecule has 0 spiro atoms. The Hall–Kier alpha value is -2.39. The predicted molar refractivity (Wildman–Crippen MR) is 116 cm³/mol. The van der Waals surface area contributed by atoms with Gasteiger partial charge in [-0.25, -0.2) is 0 Å². The van der Waals surface area contributed by atoms with Gasteiger partial charge in [-0.1, -0.05) is 72.8 Å². The van der Waals surface area contributed by atoms with Gasteiger partial charge < -0.3 is 9.80 Å². The van der Waals surface area contributed by atoms with Gasteiger partial charge >= 0.3 is 0 Å². The second-order valence-corrected chi connectivity index (χ2v) is 9.07. The number of rotatable bonds is 5. The van der Waals surface area contributed by atoms with E-state index < -0.39 is 0 Å². The molecule has 2 fully saturated rings. The quantitative estimate of drug-likeness (QED) is 0.784. The first-order valence-corrected chi connectivity index (χ1v) is 11.2. The van der Waals surface area contributed by atoms with Crippen LogP contribution in [0.1, 0.15) is 29.9 Å². The average Bonchev–Trinajstić information content (AvgIpc) is 3.39. The van der Waals surface area contributed by atoms with Gasteiger partial charge in [0.25, 0.3) is 0 Å². The SMILES string of the molecule is O=C(C(c1ccccc1)c1ccccc1)N1CC[NH+](C[C@@H]2C[C@@H]3C=C[C@H]2C3)CC1. The lowest BCUT2D eigenvalue weighted by Crippen LogP contribution is -3.15. The Morgan fingerprint density at radius 2 is 1.52 bits per heavy atom. The maximum absolute atomic E-state index is 13.6. The first-order chi connectivity index (χ1) is 14.3. The van der Waals surface area contributed by atoms with Crippen LogP contribution in [0.15, 0.2) is 72.8 Å². The highest BCUT2D eigenvalue weighted by Gasteiger charge is 2.39. The van der Waals surface area contributed by atoms with Crippen molar-refractivity contribution in [2.75, 3.05) is 32.7 Å². The van der Waals surface area contributed by atoms with Crippen LogP contribution in [0.4, 0.5) is 0 Å². The highest BCUT2D eigenvalue weighted by atomic mass is 16.2. The van der Waals surface area contributed by atoms with Gasteiger partial charge in [0.2, 0.25) is 5.91 Å². The van der Waals surface area contributed by atoms with Crippen molar-refractivity contribution in [1.29, 1.82) is 0 Å². The summed E-state index contributed by atoms with van der Waals surface area (Å²) >= 11 is 0. The van der Waals surface area contributed by atoms with Crippen LogP contribution in [-0.2, 0) is 4.79 Å². The number of nitrogens with zero attached hydrogens (tertiary/aromatic N) is 1. The number of carbonyl (C=O) groups is 1. The van der Waals surface area contributed by atoms with E-state index in [1.807, 2.05) is 36.4 Å². The zero-order valence-corrected chi connectivity index (χ0v) is 17.0. The highest BCUT2D eigenvalue weighted by molar-refractivity contribution is 5.87. The van der Waals surface area contributed by atoms with Gasteiger partial charge in [0, 0.05) is 5.92 Å². The molecule has 1 N–H and O–H groups in total. The van der Waals surface area contributed by atoms with E-state index in [-0.39, 0.29) is 11.8 Å². The van der Waals surface area contributed by atoms with Crippen LogP contribution in [0.25, 0.3) is 0 Å². The van der Waals surface area contributed by atoms with Gasteiger partial charge in [-0.05, 0) is 35.8 Å². The van der Waals surface area contributed by atoms with E-state index in [4.69, 9.17) is 0 Å². The van der Waals surface area contributed by atoms with E-state index in [2.05, 4.69) is 41.3 Å². The molecule has 29 heavy (non-hydrogen) atoms. The Labute approximate surface area is 174 Å². The standard InChI is InChI=1S/C26H30N2O/c29-26(25(21-7-3-1-4-8-21)22-9-5-2-6-10-22)28-15-13-27(14-16-28)19-24-18-20-11-12-23(24)17-20/h1-12,20,23-25H,13-19H2/p+1/t20-,23+,24+/m1/s1. The number of benzene rings is 2. The summed E-state index contributed by atoms with van der Waals surface area (Å²) in [6.07, 6.45) is 7.67. The van der Waals surface area contributed by atoms with Gasteiger partial charge in [0.05, 0.1) is 38.6 Å². The minimum atomic E-state index is -0.199. The number of amides is 1. The third-order valence-electron chi connectivity index (χ3n) is 7.26. The summed E-state index contributed by atoms with van der Waals surface area (Å²) in [5, 5.41) is 0. The molecular weight excluding hydrogens is 356 g/mol. The topological polar surface area (TPSA) is 24.8 Å². The van der Waals surface area contributed by atoms with Gasteiger partial charge in [0.1, 0.15) is 0 Å². The molecule has 1 aliphatic heterocycles. The summed E-state index contributed by atoms with van der Waals surface area (Å²) in [5.41, 5.74) is 2.18. The Morgan fingerprint density at radius 3 is 2.03 bits per heavy atom. The molecule has 2 aromatic carbocycles. The van der Waals surface area contributed by atoms with Crippen molar-refractivity contribution in [3.05, 3.63) is 83.9 Å². The molecule has 3 heteroatoms. The number of allylic oxidation sites excluding steroid dienone is 2. The molecule has 2 aliphatic carbocycles. The lowest BCUT2D eigenvalue weighted by Gasteiger charge is -2.36. The zero-order valence-electron chi connectivity index (χ0n) is 17.0. The van der Waals surface area contributed by atoms with E-state index in [1.54, 1.807) is 4.90 Å². The Balaban J connectivity index is 1.25. The molecule has 0 unspecified atom stereocenters. The second-order valence-electron chi connectivity index (χ2n) is 9.07. The summed E-state index contributed by atoms with van der Waals surface area (Å²) in [6.45, 7) is 5.20. The van der Waals surface area contributed by atoms with Crippen molar-refractivity contribution < 1.29 is 9.69 Å². The maximum Gasteiger partial charge on any atom is 0.234 e. The minimum Gasteiger partial charge on any atom is -0.332 e. The summed E-state index contributed by atoms with van der Waals surface area (Å²) in [7, 11) is 0. The summed E-state index contributed by atoms with van der Waals surface area (Å²) < 4.78 is 0. The first kappa shape index (κ1) is 18.6. The lowest BCUT2D eigenvalue weighted by molar-refractivity contribution is -0.907. The van der Waals surface area contributed by atoms with Gasteiger partial charge in [0.15, 0.2) is 0 Å². The van der Waals surface area contributed by atoms with E-state index >= 15 is 0 Å². The molecule has 3 nitrogen and oxygen atoms in total. The number of hydrogen-bond acceptors (Lipinski definition) is 1. The summed E-state index contributed by atoms with van der Waals surface area (Å²) in [5.74, 6) is 2.60. The van der Waals surface area contributed by atoms with Crippen molar-refractivity contribution >= 4 is 5.91 Å². The van der Waals surface area contributed by atoms with E-state index in [0.717, 1.165) is 55.1 Å². The fourth-order valence-electron chi connectivity index (χ4n) is 5.70. The van der Waals surface area contributed by atoms with Gasteiger partial charge in [-0.3, -0.25) is 4.79 Å². The summed E-state index contributed by atoms with van der Waals surface area (Å²) in [6, 6.07) is 20.5. The number of quaternary nitrogens is 1. The highest BCUT2D eigenvalue weighted by Crippen LogP contribution is 2.42. The van der Waals surface area contributed by atoms with Crippen LogP contribution >= 0.6 is 0 Å². The molecule has 0 aromatic heterocycles. The maximum atomic E-state index is 13.6. The fourth-order valence-corrected chi connectivity index (χ4v) is 5.70. The van der Waals surface area contributed by atoms with E-state index in [1.165, 1.54) is 19.4 Å². The zero-order chi connectivity index (χ0) is 19.6. The average molecular weight is 388 g/mol. The minimum absolute atomic E-state index is 0.199. The first-order valence-electron chi connectivity index (χ1n) is 11.2. The van der Waals surface area contributed by atoms with E-state index in [9.17, 15) is 4.79 Å². The third kappa shape index (κ3) is 3.89. The van der Waals surface area contributed by atoms with Crippen LogP contribution in [-0.4, -0.2) is 43.5 Å². The summed E-state index contributed by atoms with van der Waals surface area (Å²) in [4.78, 5) is 17.4. The van der Waals surface area contributed by atoms with Crippen molar-refractivity contribution in [3.8, 4) is 0 Å². The van der Waals surface area contributed by atoms with Crippen molar-refractivity contribution in [1.82, 2.24) is 4.90 Å². The largest absolute Gasteiger partial charge is 0.332 e. The normalized spacial score (nSPS) is 26.4. The van der Waals surface area contributed by atoms with Crippen molar-refractivity contribution in [2.24, 2.45) is 17.8 Å². The number of nitrogens with one attached hydrogen (secondary N) is 1. The van der Waals surface area contributed by atoms with Gasteiger partial charge in [-0.15, -0.1) is 0 Å². The molecule has 3 aliphatic rings. The van der Waals surface area contributed by atoms with Crippen LogP contribution in [0.5, 0.6) is 0 Å². The third-order valence-corrected chi connectivity index (χ3v) is 7.26. The molecule has 1 saturated carbocycles. The van der Waals surface area contributed by atoms with Crippen LogP contribution in [0, 0.1) is 17.8 Å². The second kappa shape index (κ2) is 8.16. The molecule has 2 aromatic rings. The van der Waals surface area contributed by atoms with E-state index in [0.29, 0.717) is 0 Å². The Bertz CT molecular complexity index is 815. The lowest BCUT2D eigenvalue weighted by atomic mass is 9.89. The van der Waals surface area contributed by atoms with Crippen molar-refractivity contribution in [3.63, 3.8) is 0 Å². The van der Waals surface area contributed by atoms with Gasteiger partial charge in [-0.2, -0.15) is 0 Å². The molecule has 2 bridgehead atoms. The number of carbonyl (C=O) groups excluding carboxylic acids is 1. The molecule has 3 atom stereocenters. The number of piperazine rings is 1. The molecule has 150 valence electrons. The van der Waals surface area contributed by atoms with Crippen LogP contribution in [0.3, 0.4) is 0 Å². The van der Waals surface area contributed by atoms with Crippen LogP contribution in [0.2, 0.25) is 0 Å².